The van der Waals surface area contributed by atoms with Gasteiger partial charge in [-0.2, -0.15) is 0 Å². The molecular formula is C21H17N3O4. The second-order valence-corrected chi connectivity index (χ2v) is 6.29. The average molecular weight is 375 g/mol. The molecule has 1 saturated heterocycles. The highest BCUT2D eigenvalue weighted by Crippen LogP contribution is 2.19. The van der Waals surface area contributed by atoms with Gasteiger partial charge in [0.25, 0.3) is 5.91 Å². The average Bonchev–Trinajstić information content (AvgIpc) is 2.66. The minimum Gasteiger partial charge on any atom is -0.302 e. The number of amides is 1. The molecule has 7 nitrogen and oxygen atoms in total. The van der Waals surface area contributed by atoms with Crippen LogP contribution in [-0.4, -0.2) is 34.8 Å². The Labute approximate surface area is 161 Å². The second kappa shape index (κ2) is 7.87. The molecule has 0 saturated carbocycles. The van der Waals surface area contributed by atoms with Gasteiger partial charge in [-0.1, -0.05) is 24.3 Å². The molecule has 140 valence electrons. The van der Waals surface area contributed by atoms with Crippen LogP contribution in [0.15, 0.2) is 58.5 Å². The Hall–Kier alpha value is -3.74. The monoisotopic (exact) mass is 375 g/mol. The van der Waals surface area contributed by atoms with E-state index in [1.165, 1.54) is 13.8 Å². The third-order valence-electron chi connectivity index (χ3n) is 4.10. The maximum atomic E-state index is 11.9. The maximum absolute atomic E-state index is 11.9. The predicted molar refractivity (Wildman–Crippen MR) is 105 cm³/mol. The summed E-state index contributed by atoms with van der Waals surface area (Å²) in [5.41, 5.74) is 2.16. The number of hydrogen-bond acceptors (Lipinski definition) is 6. The zero-order chi connectivity index (χ0) is 20.3. The van der Waals surface area contributed by atoms with Crippen LogP contribution in [-0.2, 0) is 9.59 Å². The standard InChI is InChI=1S/C21H17N3O4/c1-12(25)14-5-3-7-16(9-14)22-18-11-19(27)21(28)24-20(18)23-17-8-4-6-15(10-17)13(2)26/h3-10H,11H2,1-2H3,(H,23,24,28). The summed E-state index contributed by atoms with van der Waals surface area (Å²) < 4.78 is 0. The predicted octanol–water partition coefficient (Wildman–Crippen LogP) is 2.98. The number of carbonyl (C=O) groups excluding carboxylic acids is 4. The van der Waals surface area contributed by atoms with E-state index in [2.05, 4.69) is 15.3 Å². The SMILES string of the molecule is CC(=O)c1cccc(N=C2CC(=O)C(=O)NC2=Nc2cccc(C(C)=O)c2)c1. The van der Waals surface area contributed by atoms with Crippen molar-refractivity contribution in [1.82, 2.24) is 5.32 Å². The molecular weight excluding hydrogens is 358 g/mol. The van der Waals surface area contributed by atoms with Crippen LogP contribution in [0.3, 0.4) is 0 Å². The molecule has 1 aliphatic heterocycles. The summed E-state index contributed by atoms with van der Waals surface area (Å²) in [5, 5.41) is 2.45. The highest BCUT2D eigenvalue weighted by Gasteiger charge is 2.28. The van der Waals surface area contributed by atoms with Gasteiger partial charge in [0.2, 0.25) is 5.78 Å². The van der Waals surface area contributed by atoms with E-state index < -0.39 is 11.7 Å². The normalized spacial score (nSPS) is 16.9. The van der Waals surface area contributed by atoms with Crippen molar-refractivity contribution in [3.05, 3.63) is 59.7 Å². The van der Waals surface area contributed by atoms with E-state index in [1.807, 2.05) is 0 Å². The van der Waals surface area contributed by atoms with Gasteiger partial charge in [0.1, 0.15) is 0 Å². The number of nitrogens with one attached hydrogen (secondary N) is 1. The molecule has 7 heteroatoms. The first kappa shape index (κ1) is 19.0. The number of amidine groups is 1. The Morgan fingerprint density at radius 2 is 1.39 bits per heavy atom. The van der Waals surface area contributed by atoms with Crippen molar-refractivity contribution in [2.75, 3.05) is 0 Å². The minimum atomic E-state index is -0.766. The van der Waals surface area contributed by atoms with Crippen LogP contribution in [0.5, 0.6) is 0 Å². The number of Topliss-reactive ketones (excluding diaryl/α,β-unsaturated/α-hetero) is 3. The molecule has 1 amide bonds. The van der Waals surface area contributed by atoms with Gasteiger partial charge in [0.05, 0.1) is 23.5 Å². The Bertz CT molecular complexity index is 981. The quantitative estimate of drug-likeness (QED) is 0.655. The second-order valence-electron chi connectivity index (χ2n) is 6.29. The van der Waals surface area contributed by atoms with Crippen LogP contribution in [0.2, 0.25) is 0 Å². The minimum absolute atomic E-state index is 0.106. The molecule has 2 aromatic rings. The Morgan fingerprint density at radius 1 is 0.857 bits per heavy atom. The third kappa shape index (κ3) is 4.32. The number of nitrogens with zero attached hydrogens (tertiary/aromatic N) is 2. The highest BCUT2D eigenvalue weighted by molar-refractivity contribution is 6.59. The van der Waals surface area contributed by atoms with Crippen molar-refractivity contribution in [1.29, 1.82) is 0 Å². The third-order valence-corrected chi connectivity index (χ3v) is 4.10. The lowest BCUT2D eigenvalue weighted by Crippen LogP contribution is -2.47. The van der Waals surface area contributed by atoms with Gasteiger partial charge in [-0.15, -0.1) is 0 Å². The smallest absolute Gasteiger partial charge is 0.293 e. The van der Waals surface area contributed by atoms with Crippen LogP contribution >= 0.6 is 0 Å². The molecule has 0 aromatic heterocycles. The summed E-state index contributed by atoms with van der Waals surface area (Å²) in [6, 6.07) is 13.3. The largest absolute Gasteiger partial charge is 0.302 e. The zero-order valence-electron chi connectivity index (χ0n) is 15.4. The Balaban J connectivity index is 2.04. The van der Waals surface area contributed by atoms with Gasteiger partial charge in [-0.3, -0.25) is 19.2 Å². The fourth-order valence-corrected chi connectivity index (χ4v) is 2.62. The van der Waals surface area contributed by atoms with E-state index in [9.17, 15) is 19.2 Å². The summed E-state index contributed by atoms with van der Waals surface area (Å²) in [6.07, 6.45) is -0.207. The number of ketones is 3. The lowest BCUT2D eigenvalue weighted by Gasteiger charge is -2.16. The maximum Gasteiger partial charge on any atom is 0.293 e. The van der Waals surface area contributed by atoms with Crippen LogP contribution in [0.4, 0.5) is 11.4 Å². The van der Waals surface area contributed by atoms with E-state index in [0.29, 0.717) is 22.5 Å². The highest BCUT2D eigenvalue weighted by atomic mass is 16.2. The van der Waals surface area contributed by atoms with Crippen LogP contribution in [0.1, 0.15) is 41.0 Å². The van der Waals surface area contributed by atoms with E-state index in [-0.39, 0.29) is 29.5 Å². The molecule has 0 unspecified atom stereocenters. The molecule has 1 aliphatic rings. The molecule has 1 N–H and O–H groups in total. The van der Waals surface area contributed by atoms with Crippen molar-refractivity contribution in [2.45, 2.75) is 20.3 Å². The van der Waals surface area contributed by atoms with Gasteiger partial charge in [0, 0.05) is 11.1 Å². The van der Waals surface area contributed by atoms with Gasteiger partial charge >= 0.3 is 0 Å². The number of benzene rings is 2. The van der Waals surface area contributed by atoms with Crippen LogP contribution < -0.4 is 5.32 Å². The molecule has 0 spiro atoms. The molecule has 28 heavy (non-hydrogen) atoms. The first-order valence-corrected chi connectivity index (χ1v) is 8.56. The Morgan fingerprint density at radius 3 is 1.93 bits per heavy atom. The van der Waals surface area contributed by atoms with Crippen LogP contribution in [0.25, 0.3) is 0 Å². The summed E-state index contributed by atoms with van der Waals surface area (Å²) in [7, 11) is 0. The molecule has 1 fully saturated rings. The van der Waals surface area contributed by atoms with E-state index in [4.69, 9.17) is 0 Å². The number of piperidine rings is 1. The van der Waals surface area contributed by atoms with Gasteiger partial charge in [0.15, 0.2) is 17.4 Å². The number of carbonyl (C=O) groups is 4. The van der Waals surface area contributed by atoms with E-state index >= 15 is 0 Å². The summed E-state index contributed by atoms with van der Waals surface area (Å²) in [5.74, 6) is -1.47. The molecule has 2 aromatic carbocycles. The van der Waals surface area contributed by atoms with Gasteiger partial charge in [-0.25, -0.2) is 9.98 Å². The zero-order valence-corrected chi connectivity index (χ0v) is 15.4. The summed E-state index contributed by atoms with van der Waals surface area (Å²) in [4.78, 5) is 55.6. The first-order chi connectivity index (χ1) is 13.3. The molecule has 0 aliphatic carbocycles. The molecule has 0 bridgehead atoms. The molecule has 0 radical (unpaired) electrons. The number of hydrogen-bond donors (Lipinski definition) is 1. The van der Waals surface area contributed by atoms with Crippen LogP contribution in [0, 0.1) is 0 Å². The van der Waals surface area contributed by atoms with Crippen molar-refractivity contribution in [3.8, 4) is 0 Å². The molecule has 3 rings (SSSR count). The number of aliphatic imine (C=N–C) groups is 2. The number of rotatable bonds is 4. The molecule has 0 atom stereocenters. The van der Waals surface area contributed by atoms with Crippen molar-refractivity contribution < 1.29 is 19.2 Å². The van der Waals surface area contributed by atoms with E-state index in [0.717, 1.165) is 0 Å². The van der Waals surface area contributed by atoms with Crippen molar-refractivity contribution >= 4 is 46.2 Å². The summed E-state index contributed by atoms with van der Waals surface area (Å²) in [6.45, 7) is 2.90. The topological polar surface area (TPSA) is 105 Å². The fraction of sp³-hybridized carbons (Fsp3) is 0.143. The Kier molecular flexibility index (Phi) is 5.35. The van der Waals surface area contributed by atoms with Crippen molar-refractivity contribution in [3.63, 3.8) is 0 Å². The first-order valence-electron chi connectivity index (χ1n) is 8.56. The van der Waals surface area contributed by atoms with Gasteiger partial charge < -0.3 is 5.32 Å². The van der Waals surface area contributed by atoms with E-state index in [1.54, 1.807) is 48.5 Å². The lowest BCUT2D eigenvalue weighted by molar-refractivity contribution is -0.136. The molecule has 1 heterocycles. The fourth-order valence-electron chi connectivity index (χ4n) is 2.62. The lowest BCUT2D eigenvalue weighted by atomic mass is 10.1. The van der Waals surface area contributed by atoms with Crippen molar-refractivity contribution in [2.24, 2.45) is 9.98 Å². The van der Waals surface area contributed by atoms with Gasteiger partial charge in [-0.05, 0) is 38.1 Å². The summed E-state index contributed by atoms with van der Waals surface area (Å²) >= 11 is 0.